The number of carbonyl (C=O) groups is 1. The van der Waals surface area contributed by atoms with E-state index in [0.717, 1.165) is 9.42 Å². The Bertz CT molecular complexity index is 326. The topological polar surface area (TPSA) is 63.1 Å². The van der Waals surface area contributed by atoms with Crippen LogP contribution in [0.25, 0.3) is 0 Å². The fourth-order valence-corrected chi connectivity index (χ4v) is 3.34. The monoisotopic (exact) mass is 247 g/mol. The van der Waals surface area contributed by atoms with Gasteiger partial charge in [-0.05, 0) is 25.6 Å². The van der Waals surface area contributed by atoms with Crippen LogP contribution in [-0.2, 0) is 4.84 Å². The van der Waals surface area contributed by atoms with Crippen LogP contribution in [0.3, 0.4) is 0 Å². The Labute approximate surface area is 97.1 Å². The van der Waals surface area contributed by atoms with Crippen molar-refractivity contribution in [3.63, 3.8) is 0 Å². The van der Waals surface area contributed by atoms with E-state index in [9.17, 15) is 4.79 Å². The van der Waals surface area contributed by atoms with Crippen molar-refractivity contribution in [2.45, 2.75) is 18.6 Å². The summed E-state index contributed by atoms with van der Waals surface area (Å²) in [6.07, 6.45) is -0.564. The zero-order valence-corrected chi connectivity index (χ0v) is 10.7. The summed E-state index contributed by atoms with van der Waals surface area (Å²) in [7, 11) is 3.22. The standard InChI is InChI=1S/C8H13N3O2S2/c1-8(2)5(11-13-6(12)9-3)14-7(10-4)15-8/h1-4H3,(H,9,12). The van der Waals surface area contributed by atoms with Gasteiger partial charge in [-0.1, -0.05) is 16.9 Å². The first kappa shape index (κ1) is 12.4. The number of hydrogen-bond donors (Lipinski definition) is 1. The van der Waals surface area contributed by atoms with Gasteiger partial charge in [0.1, 0.15) is 9.42 Å². The highest BCUT2D eigenvalue weighted by Gasteiger charge is 2.37. The number of nitrogens with one attached hydrogen (secondary N) is 1. The lowest BCUT2D eigenvalue weighted by Crippen LogP contribution is -2.23. The lowest BCUT2D eigenvalue weighted by atomic mass is 10.2. The molecule has 0 saturated carbocycles. The largest absolute Gasteiger partial charge is 0.433 e. The summed E-state index contributed by atoms with van der Waals surface area (Å²) >= 11 is 3.03. The third-order valence-corrected chi connectivity index (χ3v) is 4.47. The first-order valence-electron chi connectivity index (χ1n) is 4.30. The molecule has 0 bridgehead atoms. The van der Waals surface area contributed by atoms with Crippen LogP contribution in [0.1, 0.15) is 13.8 Å². The molecule has 84 valence electrons. The maximum atomic E-state index is 10.8. The van der Waals surface area contributed by atoms with Crippen molar-refractivity contribution in [2.75, 3.05) is 14.1 Å². The van der Waals surface area contributed by atoms with Gasteiger partial charge in [-0.15, -0.1) is 0 Å². The van der Waals surface area contributed by atoms with Gasteiger partial charge >= 0.3 is 6.09 Å². The number of hydrogen-bond acceptors (Lipinski definition) is 6. The molecule has 0 radical (unpaired) electrons. The van der Waals surface area contributed by atoms with Crippen molar-refractivity contribution in [3.8, 4) is 0 Å². The van der Waals surface area contributed by atoms with Crippen LogP contribution < -0.4 is 5.32 Å². The molecule has 0 aliphatic carbocycles. The minimum Gasteiger partial charge on any atom is -0.323 e. The number of carbonyl (C=O) groups excluding carboxylic acids is 1. The molecule has 0 spiro atoms. The Balaban J connectivity index is 2.73. The van der Waals surface area contributed by atoms with E-state index >= 15 is 0 Å². The Morgan fingerprint density at radius 2 is 2.20 bits per heavy atom. The molecule has 1 heterocycles. The minimum atomic E-state index is -0.564. The molecule has 0 aromatic heterocycles. The van der Waals surface area contributed by atoms with E-state index in [1.54, 1.807) is 18.8 Å². The molecular formula is C8H13N3O2S2. The summed E-state index contributed by atoms with van der Waals surface area (Å²) in [6.45, 7) is 4.02. The summed E-state index contributed by atoms with van der Waals surface area (Å²) in [4.78, 5) is 19.6. The molecule has 0 aromatic carbocycles. The van der Waals surface area contributed by atoms with Gasteiger partial charge < -0.3 is 5.32 Å². The molecule has 0 atom stereocenters. The van der Waals surface area contributed by atoms with Crippen LogP contribution in [0.5, 0.6) is 0 Å². The van der Waals surface area contributed by atoms with Crippen LogP contribution in [0.15, 0.2) is 10.1 Å². The highest BCUT2D eigenvalue weighted by atomic mass is 32.2. The Hall–Kier alpha value is -0.690. The number of aliphatic imine (C=N–C) groups is 1. The SMILES string of the molecule is CN=C1SC(=NOC(=O)NC)C(C)(C)S1. The second-order valence-electron chi connectivity index (χ2n) is 3.23. The third kappa shape index (κ3) is 3.13. The lowest BCUT2D eigenvalue weighted by molar-refractivity contribution is 0.153. The summed E-state index contributed by atoms with van der Waals surface area (Å²) in [5.74, 6) is 0. The second kappa shape index (κ2) is 4.89. The molecule has 5 nitrogen and oxygen atoms in total. The molecule has 1 N–H and O–H groups in total. The predicted octanol–water partition coefficient (Wildman–Crippen LogP) is 1.90. The van der Waals surface area contributed by atoms with E-state index in [1.807, 2.05) is 13.8 Å². The average molecular weight is 247 g/mol. The summed E-state index contributed by atoms with van der Waals surface area (Å²) < 4.78 is 0.743. The summed E-state index contributed by atoms with van der Waals surface area (Å²) in [6, 6.07) is 0. The fraction of sp³-hybridized carbons (Fsp3) is 0.625. The molecule has 1 aliphatic rings. The van der Waals surface area contributed by atoms with Gasteiger partial charge in [-0.25, -0.2) is 4.79 Å². The van der Waals surface area contributed by atoms with Crippen LogP contribution in [0, 0.1) is 0 Å². The summed E-state index contributed by atoms with van der Waals surface area (Å²) in [5, 5.41) is 6.88. The number of oxime groups is 1. The van der Waals surface area contributed by atoms with Crippen molar-refractivity contribution in [3.05, 3.63) is 0 Å². The second-order valence-corrected chi connectivity index (χ2v) is 6.08. The van der Waals surface area contributed by atoms with Crippen molar-refractivity contribution >= 4 is 39.0 Å². The normalized spacial score (nSPS) is 24.5. The Morgan fingerprint density at radius 3 is 2.67 bits per heavy atom. The first-order chi connectivity index (χ1) is 6.99. The van der Waals surface area contributed by atoms with Crippen LogP contribution in [0.4, 0.5) is 4.79 Å². The first-order valence-corrected chi connectivity index (χ1v) is 5.93. The Morgan fingerprint density at radius 1 is 1.53 bits per heavy atom. The molecule has 1 rings (SSSR count). The summed E-state index contributed by atoms with van der Waals surface area (Å²) in [5.41, 5.74) is 0. The average Bonchev–Trinajstić information content (AvgIpc) is 2.49. The van der Waals surface area contributed by atoms with E-state index in [0.29, 0.717) is 0 Å². The number of thioether (sulfide) groups is 2. The molecule has 1 fully saturated rings. The quantitative estimate of drug-likeness (QED) is 0.568. The number of rotatable bonds is 1. The highest BCUT2D eigenvalue weighted by molar-refractivity contribution is 8.50. The smallest absolute Gasteiger partial charge is 0.323 e. The van der Waals surface area contributed by atoms with Crippen molar-refractivity contribution in [1.82, 2.24) is 5.32 Å². The lowest BCUT2D eigenvalue weighted by Gasteiger charge is -2.13. The molecule has 0 unspecified atom stereocenters. The van der Waals surface area contributed by atoms with Gasteiger partial charge in [0.15, 0.2) is 0 Å². The minimum absolute atomic E-state index is 0.187. The van der Waals surface area contributed by atoms with Crippen molar-refractivity contribution in [1.29, 1.82) is 0 Å². The molecule has 7 heteroatoms. The molecule has 15 heavy (non-hydrogen) atoms. The van der Waals surface area contributed by atoms with Crippen LogP contribution in [-0.4, -0.2) is 34.4 Å². The fourth-order valence-electron chi connectivity index (χ4n) is 0.837. The van der Waals surface area contributed by atoms with E-state index in [1.165, 1.54) is 18.8 Å². The van der Waals surface area contributed by atoms with E-state index in [4.69, 9.17) is 0 Å². The van der Waals surface area contributed by atoms with Gasteiger partial charge in [0.05, 0.1) is 4.75 Å². The van der Waals surface area contributed by atoms with Crippen molar-refractivity contribution < 1.29 is 9.63 Å². The maximum Gasteiger partial charge on any atom is 0.433 e. The highest BCUT2D eigenvalue weighted by Crippen LogP contribution is 2.43. The van der Waals surface area contributed by atoms with Gasteiger partial charge in [-0.3, -0.25) is 9.83 Å². The predicted molar refractivity (Wildman–Crippen MR) is 65.6 cm³/mol. The number of nitrogens with zero attached hydrogens (tertiary/aromatic N) is 2. The van der Waals surface area contributed by atoms with Crippen LogP contribution >= 0.6 is 23.5 Å². The molecule has 1 saturated heterocycles. The van der Waals surface area contributed by atoms with E-state index < -0.39 is 6.09 Å². The zero-order valence-electron chi connectivity index (χ0n) is 9.03. The molecule has 1 amide bonds. The van der Waals surface area contributed by atoms with E-state index in [-0.39, 0.29) is 4.75 Å². The zero-order chi connectivity index (χ0) is 11.5. The van der Waals surface area contributed by atoms with Crippen molar-refractivity contribution in [2.24, 2.45) is 10.1 Å². The maximum absolute atomic E-state index is 10.8. The van der Waals surface area contributed by atoms with Gasteiger partial charge in [0, 0.05) is 14.1 Å². The Kier molecular flexibility index (Phi) is 4.04. The van der Waals surface area contributed by atoms with Gasteiger partial charge in [0.2, 0.25) is 0 Å². The number of amides is 1. The van der Waals surface area contributed by atoms with Crippen LogP contribution in [0.2, 0.25) is 0 Å². The third-order valence-electron chi connectivity index (χ3n) is 1.64. The van der Waals surface area contributed by atoms with E-state index in [2.05, 4.69) is 20.3 Å². The van der Waals surface area contributed by atoms with Gasteiger partial charge in [-0.2, -0.15) is 0 Å². The van der Waals surface area contributed by atoms with Gasteiger partial charge in [0.25, 0.3) is 0 Å². The molecule has 1 aliphatic heterocycles. The molecular weight excluding hydrogens is 234 g/mol. The molecule has 0 aromatic rings.